The zero-order valence-electron chi connectivity index (χ0n) is 40.8. The van der Waals surface area contributed by atoms with Crippen molar-refractivity contribution in [2.45, 2.75) is 16.3 Å². The van der Waals surface area contributed by atoms with Crippen molar-refractivity contribution in [2.24, 2.45) is 0 Å². The third-order valence-electron chi connectivity index (χ3n) is 13.3. The number of carbonyl (C=O) groups is 3. The van der Waals surface area contributed by atoms with Gasteiger partial charge in [0.05, 0.1) is 23.8 Å². The SMILES string of the molecule is COc1ccc(NC(=O)N2CCN(C(=O)c3ccc(NS(=O)(=O)c4cccc5ccc(-c6ccc(S(=O)(=O)Nc7ccc(C(=O)N8CCN(Cc9ccc(Cl)cc9F)CC8)cc7)c7ncccc67)nc45)cc3)CC2)cc1. The fraction of sp³-hybridized carbons (Fsp3) is 0.182. The molecule has 2 fully saturated rings. The number of rotatable bonds is 13. The summed E-state index contributed by atoms with van der Waals surface area (Å²) in [4.78, 5) is 55.9. The van der Waals surface area contributed by atoms with Crippen LogP contribution in [0.3, 0.4) is 0 Å². The zero-order valence-corrected chi connectivity index (χ0v) is 43.2. The Kier molecular flexibility index (Phi) is 14.6. The molecular formula is C55H49ClFN9O8S2. The van der Waals surface area contributed by atoms with Gasteiger partial charge in [0.2, 0.25) is 0 Å². The Hall–Kier alpha value is -8.17. The van der Waals surface area contributed by atoms with Crippen molar-refractivity contribution >= 4 is 88.4 Å². The number of aromatic nitrogens is 2. The first kappa shape index (κ1) is 51.3. The summed E-state index contributed by atoms with van der Waals surface area (Å²) >= 11 is 5.90. The van der Waals surface area contributed by atoms with Gasteiger partial charge in [-0.25, -0.2) is 31.0 Å². The molecule has 4 amide bonds. The maximum atomic E-state index is 14.4. The normalized spacial score (nSPS) is 14.4. The summed E-state index contributed by atoms with van der Waals surface area (Å²) in [5.41, 5.74) is 3.51. The number of hydrogen-bond donors (Lipinski definition) is 3. The quantitative estimate of drug-likeness (QED) is 0.0996. The van der Waals surface area contributed by atoms with E-state index in [-0.39, 0.29) is 55.9 Å². The van der Waals surface area contributed by atoms with Crippen molar-refractivity contribution < 1.29 is 40.3 Å². The Labute approximate surface area is 443 Å². The Balaban J connectivity index is 0.790. The second-order valence-corrected chi connectivity index (χ2v) is 21.9. The number of halogens is 2. The van der Waals surface area contributed by atoms with E-state index >= 15 is 0 Å². The largest absolute Gasteiger partial charge is 0.497 e. The van der Waals surface area contributed by atoms with Gasteiger partial charge in [0.25, 0.3) is 31.9 Å². The highest BCUT2D eigenvalue weighted by Gasteiger charge is 2.28. The lowest BCUT2D eigenvalue weighted by molar-refractivity contribution is 0.0626. The van der Waals surface area contributed by atoms with Gasteiger partial charge in [0.1, 0.15) is 21.4 Å². The summed E-state index contributed by atoms with van der Waals surface area (Å²) in [6, 6.07) is 38.2. The van der Waals surface area contributed by atoms with Crippen LogP contribution in [0.2, 0.25) is 5.02 Å². The molecule has 0 radical (unpaired) electrons. The van der Waals surface area contributed by atoms with Gasteiger partial charge < -0.3 is 24.8 Å². The molecule has 2 aliphatic rings. The summed E-state index contributed by atoms with van der Waals surface area (Å²) < 4.78 is 81.1. The van der Waals surface area contributed by atoms with E-state index in [1.165, 1.54) is 48.7 Å². The maximum Gasteiger partial charge on any atom is 0.321 e. The number of piperazine rings is 2. The molecule has 0 spiro atoms. The van der Waals surface area contributed by atoms with Crippen LogP contribution >= 0.6 is 11.6 Å². The highest BCUT2D eigenvalue weighted by molar-refractivity contribution is 7.93. The van der Waals surface area contributed by atoms with E-state index in [1.54, 1.807) is 125 Å². The molecule has 0 saturated carbocycles. The molecule has 388 valence electrons. The van der Waals surface area contributed by atoms with E-state index in [0.717, 1.165) is 0 Å². The second kappa shape index (κ2) is 21.6. The number of amides is 4. The second-order valence-electron chi connectivity index (χ2n) is 18.1. The third kappa shape index (κ3) is 11.1. The summed E-state index contributed by atoms with van der Waals surface area (Å²) in [6.07, 6.45) is 1.47. The molecular weight excluding hydrogens is 1030 g/mol. The third-order valence-corrected chi connectivity index (χ3v) is 16.4. The molecule has 10 rings (SSSR count). The minimum atomic E-state index is -4.25. The van der Waals surface area contributed by atoms with E-state index in [9.17, 15) is 35.6 Å². The van der Waals surface area contributed by atoms with E-state index in [1.807, 2.05) is 0 Å². The molecule has 17 nitrogen and oxygen atoms in total. The summed E-state index contributed by atoms with van der Waals surface area (Å²) in [5, 5.41) is 4.17. The molecule has 2 aromatic heterocycles. The van der Waals surface area contributed by atoms with Crippen LogP contribution in [-0.4, -0.2) is 124 Å². The lowest BCUT2D eigenvalue weighted by Crippen LogP contribution is -2.51. The zero-order chi connectivity index (χ0) is 53.1. The maximum absolute atomic E-state index is 14.4. The van der Waals surface area contributed by atoms with Crippen molar-refractivity contribution in [3.63, 3.8) is 0 Å². The first-order valence-corrected chi connectivity index (χ1v) is 27.5. The Morgan fingerprint density at radius 3 is 1.80 bits per heavy atom. The Morgan fingerprint density at radius 1 is 0.618 bits per heavy atom. The van der Waals surface area contributed by atoms with Crippen molar-refractivity contribution in [3.8, 4) is 17.0 Å². The molecule has 21 heteroatoms. The Bertz CT molecular complexity index is 3750. The number of nitrogens with zero attached hydrogens (tertiary/aromatic N) is 6. The number of hydrogen-bond acceptors (Lipinski definition) is 11. The number of fused-ring (bicyclic) bond motifs is 2. The molecule has 6 aromatic carbocycles. The minimum Gasteiger partial charge on any atom is -0.497 e. The van der Waals surface area contributed by atoms with Crippen LogP contribution in [0.25, 0.3) is 33.1 Å². The van der Waals surface area contributed by atoms with Gasteiger partial charge >= 0.3 is 6.03 Å². The van der Waals surface area contributed by atoms with Gasteiger partial charge in [0.15, 0.2) is 0 Å². The number of benzene rings is 6. The molecule has 0 atom stereocenters. The van der Waals surface area contributed by atoms with Crippen LogP contribution < -0.4 is 19.5 Å². The van der Waals surface area contributed by atoms with Crippen molar-refractivity contribution in [2.75, 3.05) is 74.2 Å². The number of nitrogens with one attached hydrogen (secondary N) is 3. The fourth-order valence-electron chi connectivity index (χ4n) is 9.21. The lowest BCUT2D eigenvalue weighted by Gasteiger charge is -2.34. The van der Waals surface area contributed by atoms with Crippen molar-refractivity contribution in [3.05, 3.63) is 179 Å². The van der Waals surface area contributed by atoms with Crippen LogP contribution in [0.15, 0.2) is 162 Å². The average molecular weight is 1080 g/mol. The van der Waals surface area contributed by atoms with Crippen LogP contribution in [0, 0.1) is 5.82 Å². The molecule has 0 unspecified atom stereocenters. The number of methoxy groups -OCH3 is 1. The number of ether oxygens (including phenoxy) is 1. The number of para-hydroxylation sites is 1. The van der Waals surface area contributed by atoms with Crippen LogP contribution in [0.1, 0.15) is 26.3 Å². The predicted molar refractivity (Wildman–Crippen MR) is 289 cm³/mol. The number of pyridine rings is 2. The number of carbonyl (C=O) groups excluding carboxylic acids is 3. The number of sulfonamides is 2. The van der Waals surface area contributed by atoms with Crippen LogP contribution in [0.4, 0.5) is 26.2 Å². The van der Waals surface area contributed by atoms with Gasteiger partial charge in [-0.3, -0.25) is 28.9 Å². The van der Waals surface area contributed by atoms with Crippen LogP contribution in [0.5, 0.6) is 5.75 Å². The van der Waals surface area contributed by atoms with Gasteiger partial charge in [-0.15, -0.1) is 0 Å². The number of urea groups is 1. The topological polar surface area (TPSA) is 204 Å². The summed E-state index contributed by atoms with van der Waals surface area (Å²) in [7, 11) is -6.93. The van der Waals surface area contributed by atoms with E-state index in [4.69, 9.17) is 21.3 Å². The van der Waals surface area contributed by atoms with E-state index in [0.29, 0.717) is 114 Å². The van der Waals surface area contributed by atoms with Gasteiger partial charge in [-0.2, -0.15) is 0 Å². The standard InChI is InChI=1S/C55H49ClFN9O8S2/c1-74-44-20-18-41(19-21-44)59-55(69)66-32-30-65(31-33-66)54(68)38-10-14-42(15-11-38)61-75(70,71)49-6-2-4-36-12-23-48(60-51(36)49)45-22-24-50(52-46(45)5-3-25-58-52)76(72,73)62-43-16-8-37(9-17-43)53(67)64-28-26-63(27-29-64)35-39-7-13-40(56)34-47(39)57/h2-25,34,61-62H,26-33,35H2,1H3,(H,59,69). The highest BCUT2D eigenvalue weighted by atomic mass is 35.5. The molecule has 8 aromatic rings. The lowest BCUT2D eigenvalue weighted by atomic mass is 10.0. The molecule has 0 aliphatic carbocycles. The summed E-state index contributed by atoms with van der Waals surface area (Å²) in [6.45, 7) is 3.64. The first-order valence-electron chi connectivity index (χ1n) is 24.1. The minimum absolute atomic E-state index is 0.106. The Morgan fingerprint density at radius 2 is 1.20 bits per heavy atom. The molecule has 2 saturated heterocycles. The number of anilines is 3. The van der Waals surface area contributed by atoms with Crippen LogP contribution in [-0.2, 0) is 26.6 Å². The molecule has 4 heterocycles. The molecule has 0 bridgehead atoms. The average Bonchev–Trinajstić information content (AvgIpc) is 3.44. The van der Waals surface area contributed by atoms with Crippen molar-refractivity contribution in [1.29, 1.82) is 0 Å². The predicted octanol–water partition coefficient (Wildman–Crippen LogP) is 8.80. The first-order chi connectivity index (χ1) is 36.6. The van der Waals surface area contributed by atoms with Gasteiger partial charge in [-0.1, -0.05) is 48.0 Å². The molecule has 76 heavy (non-hydrogen) atoms. The molecule has 3 N–H and O–H groups in total. The molecule has 2 aliphatic heterocycles. The highest BCUT2D eigenvalue weighted by Crippen LogP contribution is 2.34. The van der Waals surface area contributed by atoms with E-state index in [2.05, 4.69) is 24.6 Å². The van der Waals surface area contributed by atoms with E-state index < -0.39 is 20.0 Å². The van der Waals surface area contributed by atoms with Crippen molar-refractivity contribution in [1.82, 2.24) is 29.6 Å². The smallest absolute Gasteiger partial charge is 0.321 e. The monoisotopic (exact) mass is 1080 g/mol. The fourth-order valence-corrected chi connectivity index (χ4v) is 11.8. The summed E-state index contributed by atoms with van der Waals surface area (Å²) in [5.74, 6) is -0.167. The van der Waals surface area contributed by atoms with Gasteiger partial charge in [-0.05, 0) is 109 Å². The van der Waals surface area contributed by atoms with Gasteiger partial charge in [0, 0.05) is 120 Å².